The van der Waals surface area contributed by atoms with Gasteiger partial charge in [-0.25, -0.2) is 10.3 Å². The zero-order chi connectivity index (χ0) is 23.5. The molecule has 0 unspecified atom stereocenters. The Hall–Kier alpha value is -2.40. The molecule has 2 rings (SSSR count). The van der Waals surface area contributed by atoms with Crippen molar-refractivity contribution in [1.82, 2.24) is 5.48 Å². The maximum Gasteiger partial charge on any atom is 0.412 e. The van der Waals surface area contributed by atoms with Crippen molar-refractivity contribution in [1.29, 1.82) is 0 Å². The highest BCUT2D eigenvalue weighted by Crippen LogP contribution is 2.39. The van der Waals surface area contributed by atoms with E-state index >= 15 is 0 Å². The van der Waals surface area contributed by atoms with E-state index in [1.54, 1.807) is 49.4 Å². The average Bonchev–Trinajstić information content (AvgIpc) is 2.77. The van der Waals surface area contributed by atoms with Crippen LogP contribution in [0.3, 0.4) is 0 Å². The first-order valence-corrected chi connectivity index (χ1v) is 11.4. The number of allylic oxidation sites excluding steroid dienone is 1. The molecular formula is C22H24Br2N2O6. The minimum Gasteiger partial charge on any atom is -0.506 e. The van der Waals surface area contributed by atoms with Gasteiger partial charge < -0.3 is 14.6 Å². The molecule has 0 bridgehead atoms. The van der Waals surface area contributed by atoms with Crippen LogP contribution in [-0.2, 0) is 14.3 Å². The summed E-state index contributed by atoms with van der Waals surface area (Å²) in [5.41, 5.74) is 2.43. The van der Waals surface area contributed by atoms with E-state index in [4.69, 9.17) is 14.7 Å². The SMILES string of the molecule is CCO[C@H](CC/C=C/C(=O)NO)[C@H](OC(=O)Nc1ccccc1)c1cc(Br)cc(Br)c1O. The lowest BCUT2D eigenvalue weighted by Crippen LogP contribution is -2.29. The molecular weight excluding hydrogens is 548 g/mol. The van der Waals surface area contributed by atoms with Crippen LogP contribution < -0.4 is 10.8 Å². The van der Waals surface area contributed by atoms with Crippen molar-refractivity contribution in [2.75, 3.05) is 11.9 Å². The number of phenolic OH excluding ortho intramolecular Hbond substituents is 1. The summed E-state index contributed by atoms with van der Waals surface area (Å²) < 4.78 is 12.7. The Labute approximate surface area is 202 Å². The highest BCUT2D eigenvalue weighted by Gasteiger charge is 2.31. The number of hydroxylamine groups is 1. The Bertz CT molecular complexity index is 940. The zero-order valence-electron chi connectivity index (χ0n) is 17.3. The topological polar surface area (TPSA) is 117 Å². The normalized spacial score (nSPS) is 12.9. The molecule has 0 aliphatic rings. The Morgan fingerprint density at radius 3 is 2.56 bits per heavy atom. The first-order chi connectivity index (χ1) is 15.3. The van der Waals surface area contributed by atoms with E-state index in [2.05, 4.69) is 37.2 Å². The van der Waals surface area contributed by atoms with Crippen LogP contribution in [0, 0.1) is 0 Å². The molecule has 2 aromatic carbocycles. The molecule has 2 aromatic rings. The summed E-state index contributed by atoms with van der Waals surface area (Å²) in [6, 6.07) is 12.2. The number of rotatable bonds is 10. The van der Waals surface area contributed by atoms with Gasteiger partial charge in [-0.2, -0.15) is 0 Å². The number of anilines is 1. The molecule has 0 fully saturated rings. The van der Waals surface area contributed by atoms with Gasteiger partial charge in [-0.15, -0.1) is 0 Å². The monoisotopic (exact) mass is 570 g/mol. The summed E-state index contributed by atoms with van der Waals surface area (Å²) >= 11 is 6.70. The quantitative estimate of drug-likeness (QED) is 0.171. The lowest BCUT2D eigenvalue weighted by atomic mass is 9.99. The molecule has 0 aromatic heterocycles. The van der Waals surface area contributed by atoms with Crippen LogP contribution in [-0.4, -0.2) is 35.0 Å². The Morgan fingerprint density at radius 1 is 1.19 bits per heavy atom. The Kier molecular flexibility index (Phi) is 10.7. The number of aromatic hydroxyl groups is 1. The zero-order valence-corrected chi connectivity index (χ0v) is 20.4. The second-order valence-corrected chi connectivity index (χ2v) is 8.36. The van der Waals surface area contributed by atoms with Crippen LogP contribution >= 0.6 is 31.9 Å². The molecule has 0 saturated carbocycles. The highest BCUT2D eigenvalue weighted by molar-refractivity contribution is 9.11. The first-order valence-electron chi connectivity index (χ1n) is 9.78. The molecule has 0 aliphatic heterocycles. The number of phenols is 1. The molecule has 172 valence electrons. The van der Waals surface area contributed by atoms with E-state index in [9.17, 15) is 14.7 Å². The third-order valence-corrected chi connectivity index (χ3v) is 5.40. The number of nitrogens with one attached hydrogen (secondary N) is 2. The Morgan fingerprint density at radius 2 is 1.91 bits per heavy atom. The van der Waals surface area contributed by atoms with Gasteiger partial charge in [0.1, 0.15) is 5.75 Å². The van der Waals surface area contributed by atoms with Gasteiger partial charge in [0.2, 0.25) is 0 Å². The lowest BCUT2D eigenvalue weighted by Gasteiger charge is -2.28. The van der Waals surface area contributed by atoms with E-state index in [0.717, 1.165) is 0 Å². The first kappa shape index (κ1) is 25.9. The van der Waals surface area contributed by atoms with E-state index in [1.165, 1.54) is 11.6 Å². The molecule has 0 aliphatic carbocycles. The molecule has 2 amide bonds. The van der Waals surface area contributed by atoms with Crippen LogP contribution in [0.4, 0.5) is 10.5 Å². The number of benzene rings is 2. The number of ether oxygens (including phenoxy) is 2. The second-order valence-electron chi connectivity index (χ2n) is 6.59. The second kappa shape index (κ2) is 13.2. The standard InChI is InChI=1S/C22H24Br2N2O6/c1-2-31-18(10-6-7-11-19(27)26-30)21(16-12-14(23)13-17(24)20(16)28)32-22(29)25-15-8-4-3-5-9-15/h3-5,7-9,11-13,18,21,28,30H,2,6,10H2,1H3,(H,25,29)(H,26,27)/b11-7+/t18-,21-/m1/s1. The fourth-order valence-electron chi connectivity index (χ4n) is 2.95. The van der Waals surface area contributed by atoms with Crippen LogP contribution in [0.2, 0.25) is 0 Å². The third kappa shape index (κ3) is 7.94. The van der Waals surface area contributed by atoms with Crippen LogP contribution in [0.15, 0.2) is 63.6 Å². The average molecular weight is 572 g/mol. The maximum atomic E-state index is 12.7. The molecule has 0 radical (unpaired) electrons. The summed E-state index contributed by atoms with van der Waals surface area (Å²) in [5, 5.41) is 21.9. The van der Waals surface area contributed by atoms with Crippen molar-refractivity contribution >= 4 is 49.5 Å². The minimum atomic E-state index is -0.951. The van der Waals surface area contributed by atoms with Crippen LogP contribution in [0.1, 0.15) is 31.4 Å². The summed E-state index contributed by atoms with van der Waals surface area (Å²) in [6.07, 6.45) is 1.23. The number of halogens is 2. The maximum absolute atomic E-state index is 12.7. The molecule has 10 heteroatoms. The molecule has 0 saturated heterocycles. The fourth-order valence-corrected chi connectivity index (χ4v) is 4.21. The van der Waals surface area contributed by atoms with Crippen molar-refractivity contribution < 1.29 is 29.4 Å². The van der Waals surface area contributed by atoms with E-state index in [0.29, 0.717) is 39.6 Å². The number of amides is 2. The van der Waals surface area contributed by atoms with Crippen molar-refractivity contribution in [3.63, 3.8) is 0 Å². The number of para-hydroxylation sites is 1. The number of carbonyl (C=O) groups excluding carboxylic acids is 2. The number of carbonyl (C=O) groups is 2. The number of hydrogen-bond acceptors (Lipinski definition) is 6. The summed E-state index contributed by atoms with van der Waals surface area (Å²) in [5.74, 6) is -0.729. The molecule has 2 atom stereocenters. The van der Waals surface area contributed by atoms with Gasteiger partial charge in [0.05, 0.1) is 10.6 Å². The van der Waals surface area contributed by atoms with Gasteiger partial charge in [-0.3, -0.25) is 15.3 Å². The predicted octanol–water partition coefficient (Wildman–Crippen LogP) is 5.45. The van der Waals surface area contributed by atoms with Gasteiger partial charge in [0.15, 0.2) is 6.10 Å². The van der Waals surface area contributed by atoms with Gasteiger partial charge in [-0.05, 0) is 60.0 Å². The highest BCUT2D eigenvalue weighted by atomic mass is 79.9. The van der Waals surface area contributed by atoms with E-state index < -0.39 is 24.2 Å². The van der Waals surface area contributed by atoms with E-state index in [1.807, 2.05) is 6.07 Å². The van der Waals surface area contributed by atoms with Crippen LogP contribution in [0.5, 0.6) is 5.75 Å². The van der Waals surface area contributed by atoms with Gasteiger partial charge in [0.25, 0.3) is 5.91 Å². The number of hydrogen-bond donors (Lipinski definition) is 4. The predicted molar refractivity (Wildman–Crippen MR) is 127 cm³/mol. The van der Waals surface area contributed by atoms with E-state index in [-0.39, 0.29) is 5.75 Å². The smallest absolute Gasteiger partial charge is 0.412 e. The van der Waals surface area contributed by atoms with Crippen molar-refractivity contribution in [2.24, 2.45) is 0 Å². The van der Waals surface area contributed by atoms with Crippen LogP contribution in [0.25, 0.3) is 0 Å². The molecule has 0 heterocycles. The minimum absolute atomic E-state index is 0.0781. The fraction of sp³-hybridized carbons (Fsp3) is 0.273. The van der Waals surface area contributed by atoms with Crippen molar-refractivity contribution in [3.05, 3.63) is 69.1 Å². The van der Waals surface area contributed by atoms with Gasteiger partial charge >= 0.3 is 6.09 Å². The molecule has 8 nitrogen and oxygen atoms in total. The molecule has 0 spiro atoms. The summed E-state index contributed by atoms with van der Waals surface area (Å²) in [7, 11) is 0. The Balaban J connectivity index is 2.31. The third-order valence-electron chi connectivity index (χ3n) is 4.33. The van der Waals surface area contributed by atoms with Gasteiger partial charge in [-0.1, -0.05) is 40.2 Å². The van der Waals surface area contributed by atoms with Gasteiger partial charge in [0, 0.05) is 28.4 Å². The largest absolute Gasteiger partial charge is 0.506 e. The lowest BCUT2D eigenvalue weighted by molar-refractivity contribution is -0.124. The summed E-state index contributed by atoms with van der Waals surface area (Å²) in [4.78, 5) is 23.8. The summed E-state index contributed by atoms with van der Waals surface area (Å²) in [6.45, 7) is 2.14. The molecule has 32 heavy (non-hydrogen) atoms. The van der Waals surface area contributed by atoms with Crippen molar-refractivity contribution in [2.45, 2.75) is 32.0 Å². The molecule has 4 N–H and O–H groups in total. The van der Waals surface area contributed by atoms with Crippen molar-refractivity contribution in [3.8, 4) is 5.75 Å².